The van der Waals surface area contributed by atoms with Crippen molar-refractivity contribution in [2.75, 3.05) is 6.54 Å². The Bertz CT molecular complexity index is 2150. The molecule has 3 aromatic rings. The van der Waals surface area contributed by atoms with E-state index in [9.17, 15) is 58.4 Å². The molecule has 0 spiro atoms. The lowest BCUT2D eigenvalue weighted by molar-refractivity contribution is -0.247. The van der Waals surface area contributed by atoms with Gasteiger partial charge < -0.3 is 40.1 Å². The predicted octanol–water partition coefficient (Wildman–Crippen LogP) is 1.86. The molecule has 1 saturated heterocycles. The number of ether oxygens (including phenoxy) is 1. The highest BCUT2D eigenvalue weighted by atomic mass is 31.2. The number of nitrogens with one attached hydrogen (secondary N) is 2. The van der Waals surface area contributed by atoms with E-state index < -0.39 is 92.1 Å². The topological polar surface area (TPSA) is 266 Å². The maximum absolute atomic E-state index is 14.5. The Balaban J connectivity index is 1.42. The maximum Gasteiger partial charge on any atom is 0.524 e. The molecule has 62 heavy (non-hydrogen) atoms. The van der Waals surface area contributed by atoms with Crippen LogP contribution in [0.4, 0.5) is 0 Å². The Morgan fingerprint density at radius 1 is 0.806 bits per heavy atom. The third-order valence-electron chi connectivity index (χ3n) is 10.8. The van der Waals surface area contributed by atoms with Crippen LogP contribution >= 0.6 is 7.82 Å². The summed E-state index contributed by atoms with van der Waals surface area (Å²) in [5.41, 5.74) is 2.13. The first-order chi connectivity index (χ1) is 29.4. The molecule has 0 saturated carbocycles. The van der Waals surface area contributed by atoms with Gasteiger partial charge >= 0.3 is 7.82 Å². The van der Waals surface area contributed by atoms with E-state index in [1.807, 2.05) is 0 Å². The minimum Gasteiger partial charge on any atom is -0.404 e. The monoisotopic (exact) mass is 877 g/mol. The fraction of sp³-hybridized carbons (Fsp3) is 0.409. The summed E-state index contributed by atoms with van der Waals surface area (Å²) < 4.78 is 21.5. The number of phosphoric ester groups is 1. The van der Waals surface area contributed by atoms with Crippen molar-refractivity contribution in [1.29, 1.82) is 0 Å². The average Bonchev–Trinajstić information content (AvgIpc) is 3.22. The molecule has 17 nitrogen and oxygen atoms in total. The number of nitrogens with zero attached hydrogens (tertiary/aromatic N) is 1. The third kappa shape index (κ3) is 13.6. The van der Waals surface area contributed by atoms with Crippen LogP contribution in [0.25, 0.3) is 0 Å². The molecule has 7 N–H and O–H groups in total. The molecule has 0 radical (unpaired) electrons. The molecule has 2 aliphatic heterocycles. The van der Waals surface area contributed by atoms with Crippen molar-refractivity contribution in [2.45, 2.75) is 95.5 Å². The van der Waals surface area contributed by atoms with E-state index in [0.717, 1.165) is 10.5 Å². The second kappa shape index (κ2) is 21.6. The van der Waals surface area contributed by atoms with Crippen molar-refractivity contribution in [3.05, 3.63) is 113 Å². The van der Waals surface area contributed by atoms with Crippen LogP contribution in [-0.2, 0) is 57.3 Å². The normalized spacial score (nSPS) is 21.9. The molecule has 2 unspecified atom stereocenters. The zero-order valence-electron chi connectivity index (χ0n) is 34.2. The summed E-state index contributed by atoms with van der Waals surface area (Å²) in [5, 5.41) is 37.6. The smallest absolute Gasteiger partial charge is 0.404 e. The number of amides is 3. The van der Waals surface area contributed by atoms with Crippen molar-refractivity contribution in [3.63, 3.8) is 0 Å². The summed E-state index contributed by atoms with van der Waals surface area (Å²) in [5.74, 6) is -5.82. The van der Waals surface area contributed by atoms with Crippen LogP contribution in [0.2, 0.25) is 0 Å². The molecule has 0 aromatic heterocycles. The number of phosphoric acid groups is 1. The van der Waals surface area contributed by atoms with Crippen LogP contribution < -0.4 is 15.2 Å². The van der Waals surface area contributed by atoms with Gasteiger partial charge in [-0.1, -0.05) is 79.7 Å². The quantitative estimate of drug-likeness (QED) is 0.0632. The van der Waals surface area contributed by atoms with Crippen LogP contribution in [0.15, 0.2) is 96.7 Å². The molecule has 0 bridgehead atoms. The van der Waals surface area contributed by atoms with Gasteiger partial charge in [-0.3, -0.25) is 38.6 Å². The third-order valence-corrected chi connectivity index (χ3v) is 11.3. The van der Waals surface area contributed by atoms with E-state index in [0.29, 0.717) is 16.7 Å². The standard InChI is InChI=1S/C44H52N3O14P/c1-3-37-40(52)41(53)39(44(56)60-37)46-43(55)31(19-29-14-16-33(17-15-29)61-62(57,58)59)22-36(50)34(20-28-12-8-5-9-13-28)45-42(54)30(18-27-10-6-4-7-11-27)21-32(48)25-47-24-26(2)35(49)23-38(47)51/h4-17,24,30-31,34,37,39-41,44,52-53,56H,3,18-23,25H2,1-2H3,(H,45,54)(H,46,55)(H2,57,58,59)/t30?,31-,34+,37-,39?,40-,41-,44-/m1/s1. The first-order valence-corrected chi connectivity index (χ1v) is 21.7. The molecule has 18 heteroatoms. The summed E-state index contributed by atoms with van der Waals surface area (Å²) in [6, 6.07) is 20.3. The SMILES string of the molecule is CC[C@H]1O[C@@H](O)C(NC(=O)[C@@H](CC(=O)[C@H](Cc2ccccc2)NC(=O)C(CC(=O)CN2C=C(C)C(=O)CC2=O)Cc2ccccc2)Cc2ccc(OP(=O)(O)O)cc2)[C@@H](O)[C@@H]1O. The molecule has 3 amide bonds. The number of carbonyl (C=O) groups excluding carboxylic acids is 6. The highest BCUT2D eigenvalue weighted by Gasteiger charge is 2.44. The summed E-state index contributed by atoms with van der Waals surface area (Å²) in [4.78, 5) is 101. The van der Waals surface area contributed by atoms with Crippen molar-refractivity contribution in [1.82, 2.24) is 15.5 Å². The van der Waals surface area contributed by atoms with Gasteiger partial charge in [0.05, 0.1) is 25.1 Å². The zero-order valence-corrected chi connectivity index (χ0v) is 35.1. The lowest BCUT2D eigenvalue weighted by Gasteiger charge is -2.41. The van der Waals surface area contributed by atoms with Crippen LogP contribution in [0.3, 0.4) is 0 Å². The fourth-order valence-corrected chi connectivity index (χ4v) is 7.83. The number of rotatable bonds is 20. The molecule has 5 rings (SSSR count). The Kier molecular flexibility index (Phi) is 16.6. The van der Waals surface area contributed by atoms with Gasteiger partial charge in [-0.25, -0.2) is 4.57 Å². The summed E-state index contributed by atoms with van der Waals surface area (Å²) in [6.45, 7) is 2.85. The first-order valence-electron chi connectivity index (χ1n) is 20.2. The Morgan fingerprint density at radius 2 is 1.37 bits per heavy atom. The van der Waals surface area contributed by atoms with E-state index in [1.54, 1.807) is 74.5 Å². The van der Waals surface area contributed by atoms with Crippen molar-refractivity contribution >= 4 is 42.9 Å². The highest BCUT2D eigenvalue weighted by Crippen LogP contribution is 2.37. The largest absolute Gasteiger partial charge is 0.524 e. The number of ketones is 3. The Morgan fingerprint density at radius 3 is 1.95 bits per heavy atom. The lowest BCUT2D eigenvalue weighted by atomic mass is 9.88. The predicted molar refractivity (Wildman–Crippen MR) is 221 cm³/mol. The van der Waals surface area contributed by atoms with Crippen LogP contribution in [0.5, 0.6) is 5.75 Å². The highest BCUT2D eigenvalue weighted by molar-refractivity contribution is 7.46. The molecular formula is C44H52N3O14P. The van der Waals surface area contributed by atoms with E-state index in [1.165, 1.54) is 30.5 Å². The molecule has 1 fully saturated rings. The second-order valence-electron chi connectivity index (χ2n) is 15.6. The van der Waals surface area contributed by atoms with E-state index in [-0.39, 0.29) is 56.6 Å². The summed E-state index contributed by atoms with van der Waals surface area (Å²) in [7, 11) is -4.88. The minimum atomic E-state index is -4.88. The van der Waals surface area contributed by atoms with Crippen LogP contribution in [-0.4, -0.2) is 108 Å². The number of Topliss-reactive ketones (excluding diaryl/α,β-unsaturated/α-hetero) is 3. The van der Waals surface area contributed by atoms with Crippen molar-refractivity contribution in [3.8, 4) is 5.75 Å². The van der Waals surface area contributed by atoms with Gasteiger partial charge in [0.15, 0.2) is 23.6 Å². The van der Waals surface area contributed by atoms with E-state index in [2.05, 4.69) is 15.2 Å². The number of aliphatic hydroxyl groups is 3. The van der Waals surface area contributed by atoms with E-state index in [4.69, 9.17) is 4.74 Å². The number of benzene rings is 3. The maximum atomic E-state index is 14.5. The van der Waals surface area contributed by atoms with Gasteiger partial charge in [-0.05, 0) is 61.4 Å². The summed E-state index contributed by atoms with van der Waals surface area (Å²) >= 11 is 0. The molecule has 8 atom stereocenters. The van der Waals surface area contributed by atoms with Gasteiger partial charge in [-0.2, -0.15) is 0 Å². The van der Waals surface area contributed by atoms with Gasteiger partial charge in [0.1, 0.15) is 24.0 Å². The molecule has 0 aliphatic carbocycles. The molecule has 2 heterocycles. The minimum absolute atomic E-state index is 0.0148. The number of hydrogen-bond donors (Lipinski definition) is 7. The van der Waals surface area contributed by atoms with Crippen LogP contribution in [0, 0.1) is 11.8 Å². The average molecular weight is 878 g/mol. The van der Waals surface area contributed by atoms with Gasteiger partial charge in [0, 0.05) is 36.5 Å². The van der Waals surface area contributed by atoms with Gasteiger partial charge in [0.25, 0.3) is 0 Å². The molecule has 332 valence electrons. The van der Waals surface area contributed by atoms with E-state index >= 15 is 0 Å². The fourth-order valence-electron chi connectivity index (χ4n) is 7.43. The van der Waals surface area contributed by atoms with Gasteiger partial charge in [-0.15, -0.1) is 0 Å². The number of allylic oxidation sites excluding steroid dienone is 1. The van der Waals surface area contributed by atoms with Crippen LogP contribution in [0.1, 0.15) is 56.2 Å². The lowest BCUT2D eigenvalue weighted by Crippen LogP contribution is -2.64. The molecule has 3 aromatic carbocycles. The van der Waals surface area contributed by atoms with Crippen molar-refractivity contribution in [2.24, 2.45) is 11.8 Å². The molecular weight excluding hydrogens is 825 g/mol. The zero-order chi connectivity index (χ0) is 45.1. The van der Waals surface area contributed by atoms with Gasteiger partial charge in [0.2, 0.25) is 17.7 Å². The van der Waals surface area contributed by atoms with Crippen molar-refractivity contribution < 1.29 is 67.7 Å². The number of aliphatic hydroxyl groups excluding tert-OH is 3. The Labute approximate surface area is 358 Å². The Hall–Kier alpha value is -5.39. The summed E-state index contributed by atoms with van der Waals surface area (Å²) in [6.07, 6.45) is -5.43. The number of carbonyl (C=O) groups is 6. The molecule has 2 aliphatic rings. The number of hydrogen-bond acceptors (Lipinski definition) is 12. The second-order valence-corrected chi connectivity index (χ2v) is 16.8. The first kappa shape index (κ1) is 47.7.